The van der Waals surface area contributed by atoms with Crippen molar-refractivity contribution in [2.24, 2.45) is 4.99 Å². The summed E-state index contributed by atoms with van der Waals surface area (Å²) in [7, 11) is 0. The van der Waals surface area contributed by atoms with E-state index >= 15 is 0 Å². The third-order valence-corrected chi connectivity index (χ3v) is 7.14. The monoisotopic (exact) mass is 526 g/mol. The van der Waals surface area contributed by atoms with Gasteiger partial charge in [0, 0.05) is 43.6 Å². The molecule has 2 aliphatic rings. The van der Waals surface area contributed by atoms with Gasteiger partial charge in [0.25, 0.3) is 5.91 Å². The molecule has 0 aliphatic carbocycles. The summed E-state index contributed by atoms with van der Waals surface area (Å²) < 4.78 is 45.8. The van der Waals surface area contributed by atoms with Crippen molar-refractivity contribution in [3.05, 3.63) is 77.9 Å². The maximum absolute atomic E-state index is 13.0. The van der Waals surface area contributed by atoms with Crippen LogP contribution < -0.4 is 14.4 Å². The average molecular weight is 527 g/mol. The molecule has 0 spiro atoms. The molecule has 3 aromatic rings. The molecule has 2 heterocycles. The topological polar surface area (TPSA) is 57.2 Å². The number of rotatable bonds is 6. The third kappa shape index (κ3) is 6.02. The lowest BCUT2D eigenvalue weighted by Crippen LogP contribution is -2.49. The van der Waals surface area contributed by atoms with Crippen LogP contribution in [-0.2, 0) is 6.42 Å². The predicted molar refractivity (Wildman–Crippen MR) is 140 cm³/mol. The Labute approximate surface area is 217 Å². The molecule has 0 radical (unpaired) electrons. The molecule has 10 heteroatoms. The fraction of sp³-hybridized carbons (Fsp3) is 0.259. The molecule has 0 aromatic heterocycles. The smallest absolute Gasteiger partial charge is 0.404 e. The fourth-order valence-corrected chi connectivity index (χ4v) is 5.22. The number of carbonyl (C=O) groups excluding carboxylic acids is 1. The summed E-state index contributed by atoms with van der Waals surface area (Å²) in [5.74, 6) is -0.344. The second-order valence-electron chi connectivity index (χ2n) is 8.69. The number of hydrogen-bond donors (Lipinski definition) is 1. The number of nitrogens with zero attached hydrogens (tertiary/aromatic N) is 3. The minimum Gasteiger partial charge on any atom is -0.404 e. The van der Waals surface area contributed by atoms with Crippen LogP contribution in [0.1, 0.15) is 22.3 Å². The zero-order valence-electron chi connectivity index (χ0n) is 19.9. The molecule has 3 aromatic carbocycles. The molecule has 1 amide bonds. The molecule has 1 saturated heterocycles. The van der Waals surface area contributed by atoms with Crippen LogP contribution in [0, 0.1) is 0 Å². The van der Waals surface area contributed by atoms with Gasteiger partial charge in [0.05, 0.1) is 16.3 Å². The van der Waals surface area contributed by atoms with Crippen LogP contribution in [0.15, 0.2) is 76.6 Å². The molecular formula is C27H25F3N4O2S. The van der Waals surface area contributed by atoms with Gasteiger partial charge in [-0.1, -0.05) is 24.3 Å². The Balaban J connectivity index is 1.17. The van der Waals surface area contributed by atoms with E-state index in [4.69, 9.17) is 0 Å². The van der Waals surface area contributed by atoms with Gasteiger partial charge in [-0.05, 0) is 72.8 Å². The van der Waals surface area contributed by atoms with Crippen LogP contribution in [0.3, 0.4) is 0 Å². The second kappa shape index (κ2) is 10.8. The van der Waals surface area contributed by atoms with E-state index in [0.717, 1.165) is 29.1 Å². The van der Waals surface area contributed by atoms with Gasteiger partial charge < -0.3 is 19.3 Å². The van der Waals surface area contributed by atoms with Crippen molar-refractivity contribution in [2.45, 2.75) is 24.1 Å². The lowest BCUT2D eigenvalue weighted by molar-refractivity contribution is -0.274. The van der Waals surface area contributed by atoms with E-state index in [1.807, 2.05) is 30.5 Å². The number of ether oxygens (including phenoxy) is 1. The number of para-hydroxylation sites is 3. The van der Waals surface area contributed by atoms with Crippen LogP contribution >= 0.6 is 11.9 Å². The van der Waals surface area contributed by atoms with E-state index < -0.39 is 6.36 Å². The first-order valence-electron chi connectivity index (χ1n) is 11.9. The molecule has 37 heavy (non-hydrogen) atoms. The maximum Gasteiger partial charge on any atom is 0.573 e. The van der Waals surface area contributed by atoms with Crippen LogP contribution in [0.25, 0.3) is 0 Å². The van der Waals surface area contributed by atoms with E-state index in [1.54, 1.807) is 34.1 Å². The van der Waals surface area contributed by atoms with Gasteiger partial charge in [-0.25, -0.2) is 0 Å². The molecule has 0 saturated carbocycles. The Hall–Kier alpha value is -3.66. The molecule has 5 rings (SSSR count). The third-order valence-electron chi connectivity index (χ3n) is 6.25. The summed E-state index contributed by atoms with van der Waals surface area (Å²) in [5.41, 5.74) is 4.04. The van der Waals surface area contributed by atoms with Crippen LogP contribution in [0.2, 0.25) is 0 Å². The summed E-state index contributed by atoms with van der Waals surface area (Å²) in [5, 5.41) is 0. The summed E-state index contributed by atoms with van der Waals surface area (Å²) in [6, 6.07) is 19.5. The highest BCUT2D eigenvalue weighted by Crippen LogP contribution is 2.36. The van der Waals surface area contributed by atoms with E-state index in [0.29, 0.717) is 37.4 Å². The first-order chi connectivity index (χ1) is 17.9. The average Bonchev–Trinajstić information content (AvgIpc) is 2.91. The molecule has 0 atom stereocenters. The van der Waals surface area contributed by atoms with Crippen LogP contribution in [-0.4, -0.2) is 49.6 Å². The number of anilines is 2. The number of aliphatic imine (C=N–C) groups is 1. The quantitative estimate of drug-likeness (QED) is 0.381. The number of amides is 1. The standard InChI is InChI=1S/C27H25F3N4O2S/c28-27(29,30)36-23-8-2-1-7-22(23)33-15-17-34(18-16-33)26(35)20-10-12-21(13-11-20)32-37-24-9-3-5-19-6-4-14-31-25(19)24/h1-3,5,7-14,32H,4,6,15-18H2. The van der Waals surface area contributed by atoms with Crippen molar-refractivity contribution in [1.29, 1.82) is 0 Å². The van der Waals surface area contributed by atoms with Crippen molar-refractivity contribution in [1.82, 2.24) is 4.90 Å². The van der Waals surface area contributed by atoms with Gasteiger partial charge in [0.15, 0.2) is 5.75 Å². The normalized spacial score (nSPS) is 15.3. The molecule has 0 bridgehead atoms. The van der Waals surface area contributed by atoms with Crippen molar-refractivity contribution in [2.75, 3.05) is 35.8 Å². The number of halogens is 3. The van der Waals surface area contributed by atoms with Crippen LogP contribution in [0.5, 0.6) is 5.75 Å². The Kier molecular flexibility index (Phi) is 7.27. The minimum absolute atomic E-state index is 0.106. The lowest BCUT2D eigenvalue weighted by Gasteiger charge is -2.36. The van der Waals surface area contributed by atoms with Crippen molar-refractivity contribution >= 4 is 41.1 Å². The zero-order valence-corrected chi connectivity index (χ0v) is 20.7. The van der Waals surface area contributed by atoms with E-state index in [2.05, 4.69) is 20.5 Å². The van der Waals surface area contributed by atoms with E-state index in [1.165, 1.54) is 29.6 Å². The zero-order chi connectivity index (χ0) is 25.8. The first kappa shape index (κ1) is 25.0. The largest absolute Gasteiger partial charge is 0.573 e. The van der Waals surface area contributed by atoms with Crippen molar-refractivity contribution in [3.63, 3.8) is 0 Å². The number of hydrogen-bond acceptors (Lipinski definition) is 6. The Bertz CT molecular complexity index is 1290. The van der Waals surface area contributed by atoms with E-state index in [-0.39, 0.29) is 11.7 Å². The van der Waals surface area contributed by atoms with Gasteiger partial charge in [-0.2, -0.15) is 0 Å². The number of aryl methyl sites for hydroxylation is 1. The number of piperazine rings is 1. The molecule has 6 nitrogen and oxygen atoms in total. The number of benzene rings is 3. The molecule has 1 fully saturated rings. The first-order valence-corrected chi connectivity index (χ1v) is 12.8. The summed E-state index contributed by atoms with van der Waals surface area (Å²) in [6.45, 7) is 1.61. The number of carbonyl (C=O) groups is 1. The Morgan fingerprint density at radius 1 is 0.946 bits per heavy atom. The number of nitrogens with one attached hydrogen (secondary N) is 1. The SMILES string of the molecule is O=C(c1ccc(NSc2cccc3c2N=CCC3)cc1)N1CCN(c2ccccc2OC(F)(F)F)CC1. The lowest BCUT2D eigenvalue weighted by atomic mass is 10.1. The molecule has 1 N–H and O–H groups in total. The summed E-state index contributed by atoms with van der Waals surface area (Å²) in [4.78, 5) is 22.2. The molecule has 192 valence electrons. The molecule has 0 unspecified atom stereocenters. The van der Waals surface area contributed by atoms with Crippen molar-refractivity contribution in [3.8, 4) is 5.75 Å². The predicted octanol–water partition coefficient (Wildman–Crippen LogP) is 6.32. The van der Waals surface area contributed by atoms with Gasteiger partial charge in [-0.15, -0.1) is 13.2 Å². The van der Waals surface area contributed by atoms with Gasteiger partial charge in [-0.3, -0.25) is 9.79 Å². The maximum atomic E-state index is 13.0. The highest BCUT2D eigenvalue weighted by atomic mass is 32.2. The Morgan fingerprint density at radius 2 is 1.70 bits per heavy atom. The highest BCUT2D eigenvalue weighted by molar-refractivity contribution is 8.00. The molecule has 2 aliphatic heterocycles. The Morgan fingerprint density at radius 3 is 2.46 bits per heavy atom. The second-order valence-corrected chi connectivity index (χ2v) is 9.54. The fourth-order valence-electron chi connectivity index (χ4n) is 4.43. The van der Waals surface area contributed by atoms with Gasteiger partial charge in [0.1, 0.15) is 0 Å². The van der Waals surface area contributed by atoms with Gasteiger partial charge >= 0.3 is 6.36 Å². The van der Waals surface area contributed by atoms with Crippen molar-refractivity contribution < 1.29 is 22.7 Å². The molecular weight excluding hydrogens is 501 g/mol. The minimum atomic E-state index is -4.76. The number of alkyl halides is 3. The number of fused-ring (bicyclic) bond motifs is 1. The van der Waals surface area contributed by atoms with E-state index in [9.17, 15) is 18.0 Å². The highest BCUT2D eigenvalue weighted by Gasteiger charge is 2.33. The summed E-state index contributed by atoms with van der Waals surface area (Å²) >= 11 is 1.49. The van der Waals surface area contributed by atoms with Crippen LogP contribution in [0.4, 0.5) is 30.2 Å². The summed E-state index contributed by atoms with van der Waals surface area (Å²) in [6.07, 6.45) is -0.867. The van der Waals surface area contributed by atoms with Gasteiger partial charge in [0.2, 0.25) is 0 Å².